The third-order valence-corrected chi connectivity index (χ3v) is 4.44. The molecule has 17 heavy (non-hydrogen) atoms. The fourth-order valence-corrected chi connectivity index (χ4v) is 2.80. The number of rotatable bonds is 3. The largest absolute Gasteiger partial charge is 0.278 e. The van der Waals surface area contributed by atoms with Gasteiger partial charge in [0.1, 0.15) is 0 Å². The Morgan fingerprint density at radius 3 is 1.82 bits per heavy atom. The van der Waals surface area contributed by atoms with E-state index in [-0.39, 0.29) is 0 Å². The summed E-state index contributed by atoms with van der Waals surface area (Å²) in [6.07, 6.45) is 0. The highest BCUT2D eigenvalue weighted by atomic mass is 32.3. The van der Waals surface area contributed by atoms with E-state index in [0.717, 1.165) is 5.69 Å². The molecule has 2 aromatic carbocycles. The first-order valence-corrected chi connectivity index (χ1v) is 6.75. The van der Waals surface area contributed by atoms with Gasteiger partial charge in [0, 0.05) is 7.05 Å². The molecular weight excluding hydrogens is 234 g/mol. The van der Waals surface area contributed by atoms with E-state index >= 15 is 0 Å². The zero-order valence-electron chi connectivity index (χ0n) is 9.52. The van der Waals surface area contributed by atoms with Crippen molar-refractivity contribution in [1.29, 1.82) is 0 Å². The van der Waals surface area contributed by atoms with E-state index in [1.54, 1.807) is 31.3 Å². The maximum atomic E-state index is 10.3. The van der Waals surface area contributed by atoms with Gasteiger partial charge < -0.3 is 0 Å². The van der Waals surface area contributed by atoms with Crippen molar-refractivity contribution in [3.63, 3.8) is 0 Å². The summed E-state index contributed by atoms with van der Waals surface area (Å²) >= 11 is 0. The Morgan fingerprint density at radius 2 is 1.29 bits per heavy atom. The fourth-order valence-electron chi connectivity index (χ4n) is 1.55. The quantitative estimate of drug-likeness (QED) is 0.868. The van der Waals surface area contributed by atoms with Gasteiger partial charge in [-0.1, -0.05) is 47.2 Å². The van der Waals surface area contributed by atoms with Crippen molar-refractivity contribution in [1.82, 2.24) is 0 Å². The second-order valence-electron chi connectivity index (χ2n) is 3.66. The van der Waals surface area contributed by atoms with E-state index < -0.39 is 10.8 Å². The number of anilines is 1. The SMILES string of the molecule is CN(c1ccccc1)S(O)(O)c1ccccc1. The molecule has 90 valence electrons. The Hall–Kier alpha value is -1.49. The van der Waals surface area contributed by atoms with Crippen LogP contribution in [0.25, 0.3) is 0 Å². The van der Waals surface area contributed by atoms with Crippen LogP contribution in [0.15, 0.2) is 65.6 Å². The maximum Gasteiger partial charge on any atom is 0.0803 e. The second kappa shape index (κ2) is 4.79. The molecule has 2 rings (SSSR count). The molecule has 0 saturated heterocycles. The van der Waals surface area contributed by atoms with E-state index in [9.17, 15) is 9.11 Å². The Balaban J connectivity index is 2.33. The normalized spacial score (nSPS) is 12.2. The van der Waals surface area contributed by atoms with E-state index in [0.29, 0.717) is 4.90 Å². The van der Waals surface area contributed by atoms with Crippen LogP contribution in [0.2, 0.25) is 0 Å². The van der Waals surface area contributed by atoms with Crippen molar-refractivity contribution >= 4 is 16.5 Å². The van der Waals surface area contributed by atoms with Crippen molar-refractivity contribution in [3.8, 4) is 0 Å². The number of nitrogens with zero attached hydrogens (tertiary/aromatic N) is 1. The zero-order chi connectivity index (χ0) is 12.3. The lowest BCUT2D eigenvalue weighted by atomic mass is 10.3. The molecule has 4 heteroatoms. The summed E-state index contributed by atoms with van der Waals surface area (Å²) in [6.45, 7) is 0. The molecule has 0 saturated carbocycles. The van der Waals surface area contributed by atoms with Crippen LogP contribution in [0.5, 0.6) is 0 Å². The predicted octanol–water partition coefficient (Wildman–Crippen LogP) is 3.85. The third kappa shape index (κ3) is 2.44. The molecule has 0 aromatic heterocycles. The first-order valence-electron chi connectivity index (χ1n) is 5.24. The number of benzene rings is 2. The summed E-state index contributed by atoms with van der Waals surface area (Å²) in [6, 6.07) is 18.2. The highest BCUT2D eigenvalue weighted by Crippen LogP contribution is 2.52. The van der Waals surface area contributed by atoms with Crippen LogP contribution < -0.4 is 4.31 Å². The lowest BCUT2D eigenvalue weighted by Crippen LogP contribution is -2.22. The molecule has 2 N–H and O–H groups in total. The van der Waals surface area contributed by atoms with Gasteiger partial charge in [-0.15, -0.1) is 0 Å². The molecule has 0 radical (unpaired) electrons. The molecule has 3 nitrogen and oxygen atoms in total. The van der Waals surface area contributed by atoms with Crippen LogP contribution in [0.4, 0.5) is 5.69 Å². The van der Waals surface area contributed by atoms with Crippen LogP contribution in [-0.2, 0) is 0 Å². The molecule has 0 bridgehead atoms. The lowest BCUT2D eigenvalue weighted by Gasteiger charge is -2.41. The van der Waals surface area contributed by atoms with Gasteiger partial charge in [-0.05, 0) is 24.3 Å². The first-order chi connectivity index (χ1) is 8.12. The van der Waals surface area contributed by atoms with Crippen molar-refractivity contribution in [2.75, 3.05) is 11.4 Å². The number of hydrogen-bond donors (Lipinski definition) is 2. The Kier molecular flexibility index (Phi) is 3.38. The summed E-state index contributed by atoms with van der Waals surface area (Å²) in [5, 5.41) is 0. The van der Waals surface area contributed by atoms with Gasteiger partial charge in [0.2, 0.25) is 0 Å². The van der Waals surface area contributed by atoms with Crippen molar-refractivity contribution in [2.45, 2.75) is 4.90 Å². The Bertz CT molecular complexity index is 473. The molecule has 2 aromatic rings. The molecule has 0 fully saturated rings. The van der Waals surface area contributed by atoms with Gasteiger partial charge in [0.15, 0.2) is 0 Å². The molecule has 0 heterocycles. The topological polar surface area (TPSA) is 43.7 Å². The predicted molar refractivity (Wildman–Crippen MR) is 72.4 cm³/mol. The van der Waals surface area contributed by atoms with Gasteiger partial charge in [0.25, 0.3) is 0 Å². The Morgan fingerprint density at radius 1 is 0.824 bits per heavy atom. The molecule has 0 aliphatic carbocycles. The average molecular weight is 249 g/mol. The molecular formula is C13H15NO2S. The van der Waals surface area contributed by atoms with E-state index in [1.165, 1.54) is 4.31 Å². The molecule has 0 aliphatic heterocycles. The molecule has 0 spiro atoms. The molecule has 0 amide bonds. The first kappa shape index (κ1) is 12.0. The second-order valence-corrected chi connectivity index (χ2v) is 5.72. The summed E-state index contributed by atoms with van der Waals surface area (Å²) < 4.78 is 22.0. The molecule has 0 atom stereocenters. The minimum absolute atomic E-state index is 0.520. The standard InChI is InChI=1S/C13H15NO2S/c1-14(12-8-4-2-5-9-12)17(15,16)13-10-6-3-7-11-13/h2-11,15-16H,1H3. The smallest absolute Gasteiger partial charge is 0.0803 e. The average Bonchev–Trinajstić information content (AvgIpc) is 2.40. The highest BCUT2D eigenvalue weighted by Gasteiger charge is 2.21. The highest BCUT2D eigenvalue weighted by molar-refractivity contribution is 8.25. The maximum absolute atomic E-state index is 10.3. The lowest BCUT2D eigenvalue weighted by molar-refractivity contribution is 0.485. The van der Waals surface area contributed by atoms with Crippen LogP contribution in [-0.4, -0.2) is 16.2 Å². The van der Waals surface area contributed by atoms with Crippen molar-refractivity contribution < 1.29 is 9.11 Å². The van der Waals surface area contributed by atoms with Gasteiger partial charge in [0.05, 0.1) is 10.6 Å². The summed E-state index contributed by atoms with van der Waals surface area (Å²) in [5.74, 6) is 0. The number of hydrogen-bond acceptors (Lipinski definition) is 3. The summed E-state index contributed by atoms with van der Waals surface area (Å²) in [5.41, 5.74) is 0.774. The van der Waals surface area contributed by atoms with Crippen LogP contribution in [0.3, 0.4) is 0 Å². The summed E-state index contributed by atoms with van der Waals surface area (Å²) in [4.78, 5) is 0.520. The number of para-hydroxylation sites is 1. The zero-order valence-corrected chi connectivity index (χ0v) is 10.3. The molecule has 0 aliphatic rings. The van der Waals surface area contributed by atoms with Crippen LogP contribution in [0.1, 0.15) is 0 Å². The Labute approximate surface area is 103 Å². The minimum atomic E-state index is -2.96. The van der Waals surface area contributed by atoms with Crippen molar-refractivity contribution in [2.24, 2.45) is 0 Å². The minimum Gasteiger partial charge on any atom is -0.278 e. The molecule has 0 unspecified atom stereocenters. The van der Waals surface area contributed by atoms with Gasteiger partial charge >= 0.3 is 0 Å². The van der Waals surface area contributed by atoms with E-state index in [4.69, 9.17) is 0 Å². The van der Waals surface area contributed by atoms with Crippen molar-refractivity contribution in [3.05, 3.63) is 60.7 Å². The van der Waals surface area contributed by atoms with Crippen LogP contribution in [0, 0.1) is 0 Å². The van der Waals surface area contributed by atoms with Gasteiger partial charge in [-0.25, -0.2) is 0 Å². The summed E-state index contributed by atoms with van der Waals surface area (Å²) in [7, 11) is -1.28. The monoisotopic (exact) mass is 249 g/mol. The van der Waals surface area contributed by atoms with Gasteiger partial charge in [-0.3, -0.25) is 13.4 Å². The van der Waals surface area contributed by atoms with Crippen LogP contribution >= 0.6 is 10.8 Å². The van der Waals surface area contributed by atoms with E-state index in [1.807, 2.05) is 36.4 Å². The van der Waals surface area contributed by atoms with Gasteiger partial charge in [-0.2, -0.15) is 0 Å². The third-order valence-electron chi connectivity index (χ3n) is 2.56. The van der Waals surface area contributed by atoms with E-state index in [2.05, 4.69) is 0 Å². The fraction of sp³-hybridized carbons (Fsp3) is 0.0769.